The van der Waals surface area contributed by atoms with Crippen LogP contribution in [0.4, 0.5) is 27.6 Å². The summed E-state index contributed by atoms with van der Waals surface area (Å²) in [6.07, 6.45) is -1.41. The van der Waals surface area contributed by atoms with E-state index < -0.39 is 36.4 Å². The number of aromatic nitrogens is 1. The Labute approximate surface area is 193 Å². The standard InChI is InChI=1S/C23H25F5N4O2/c1-34-19(23(26,27)28)12-30-21(33)18-11-29-10-17(14-7-15(24)9-16(25)8-14)20(18)32-6-4-22(13-32)3-2-5-31-22/h7-11,19,31H,2-6,12-13H2,1H3,(H,30,33)/t19?,22-/m0/s1. The van der Waals surface area contributed by atoms with Gasteiger partial charge in [-0.25, -0.2) is 8.78 Å². The van der Waals surface area contributed by atoms with Crippen molar-refractivity contribution >= 4 is 11.6 Å². The Morgan fingerprint density at radius 3 is 2.59 bits per heavy atom. The number of carbonyl (C=O) groups is 1. The normalized spacial score (nSPS) is 21.3. The average Bonchev–Trinajstić information content (AvgIpc) is 3.41. The molecule has 1 spiro atoms. The zero-order valence-electron chi connectivity index (χ0n) is 18.5. The lowest BCUT2D eigenvalue weighted by atomic mass is 9.96. The number of carbonyl (C=O) groups excluding carboxylic acids is 1. The first kappa shape index (κ1) is 24.3. The molecule has 2 saturated heterocycles. The largest absolute Gasteiger partial charge is 0.416 e. The Morgan fingerprint density at radius 1 is 1.24 bits per heavy atom. The average molecular weight is 484 g/mol. The molecule has 3 heterocycles. The molecule has 2 aliphatic heterocycles. The molecular formula is C23H25F5N4O2. The number of halogens is 5. The molecule has 2 aliphatic rings. The number of ether oxygens (including phenoxy) is 1. The maximum atomic E-state index is 14.0. The Hall–Kier alpha value is -2.79. The van der Waals surface area contributed by atoms with Gasteiger partial charge in [-0.15, -0.1) is 0 Å². The van der Waals surface area contributed by atoms with Crippen molar-refractivity contribution in [1.29, 1.82) is 0 Å². The maximum Gasteiger partial charge on any atom is 0.416 e. The third-order valence-electron chi connectivity index (χ3n) is 6.44. The van der Waals surface area contributed by atoms with E-state index in [1.807, 2.05) is 4.90 Å². The summed E-state index contributed by atoms with van der Waals surface area (Å²) in [5, 5.41) is 5.77. The van der Waals surface area contributed by atoms with Gasteiger partial charge >= 0.3 is 6.18 Å². The number of nitrogens with one attached hydrogen (secondary N) is 2. The van der Waals surface area contributed by atoms with Crippen LogP contribution < -0.4 is 15.5 Å². The van der Waals surface area contributed by atoms with Crippen LogP contribution in [-0.4, -0.2) is 62.0 Å². The monoisotopic (exact) mass is 484 g/mol. The molecule has 1 unspecified atom stereocenters. The first-order chi connectivity index (χ1) is 16.1. The van der Waals surface area contributed by atoms with Crippen LogP contribution in [0.1, 0.15) is 29.6 Å². The molecule has 0 saturated carbocycles. The van der Waals surface area contributed by atoms with E-state index in [0.29, 0.717) is 24.3 Å². The summed E-state index contributed by atoms with van der Waals surface area (Å²) in [5.74, 6) is -2.37. The van der Waals surface area contributed by atoms with Crippen molar-refractivity contribution in [3.63, 3.8) is 0 Å². The molecule has 2 aromatic rings. The number of nitrogens with zero attached hydrogens (tertiary/aromatic N) is 2. The SMILES string of the molecule is COC(CNC(=O)c1cncc(-c2cc(F)cc(F)c2)c1N1CC[C@@]2(CCCN2)C1)C(F)(F)F. The lowest BCUT2D eigenvalue weighted by Crippen LogP contribution is -2.43. The van der Waals surface area contributed by atoms with Crippen molar-refractivity contribution in [1.82, 2.24) is 15.6 Å². The minimum atomic E-state index is -4.65. The molecule has 0 radical (unpaired) electrons. The van der Waals surface area contributed by atoms with Crippen LogP contribution >= 0.6 is 0 Å². The number of benzene rings is 1. The number of pyridine rings is 1. The highest BCUT2D eigenvalue weighted by atomic mass is 19.4. The van der Waals surface area contributed by atoms with Crippen molar-refractivity contribution in [3.8, 4) is 11.1 Å². The predicted molar refractivity (Wildman–Crippen MR) is 116 cm³/mol. The van der Waals surface area contributed by atoms with Gasteiger partial charge in [0.15, 0.2) is 6.10 Å². The van der Waals surface area contributed by atoms with Gasteiger partial charge in [-0.3, -0.25) is 9.78 Å². The summed E-state index contributed by atoms with van der Waals surface area (Å²) in [7, 11) is 0.911. The maximum absolute atomic E-state index is 14.0. The molecule has 6 nitrogen and oxygen atoms in total. The lowest BCUT2D eigenvalue weighted by Gasteiger charge is -2.28. The zero-order chi connectivity index (χ0) is 24.5. The summed E-state index contributed by atoms with van der Waals surface area (Å²) in [6.45, 7) is 1.19. The highest BCUT2D eigenvalue weighted by Crippen LogP contribution is 2.40. The minimum Gasteiger partial charge on any atom is -0.370 e. The highest BCUT2D eigenvalue weighted by Gasteiger charge is 2.42. The predicted octanol–water partition coefficient (Wildman–Crippen LogP) is 3.67. The summed E-state index contributed by atoms with van der Waals surface area (Å²) in [6, 6.07) is 3.01. The quantitative estimate of drug-likeness (QED) is 0.613. The Kier molecular flexibility index (Phi) is 6.77. The van der Waals surface area contributed by atoms with E-state index in [1.165, 1.54) is 12.4 Å². The molecule has 2 fully saturated rings. The van der Waals surface area contributed by atoms with Crippen LogP contribution in [0.15, 0.2) is 30.6 Å². The van der Waals surface area contributed by atoms with Gasteiger partial charge in [-0.2, -0.15) is 13.2 Å². The van der Waals surface area contributed by atoms with Gasteiger partial charge in [0.2, 0.25) is 0 Å². The van der Waals surface area contributed by atoms with Gasteiger partial charge in [-0.1, -0.05) is 0 Å². The first-order valence-electron chi connectivity index (χ1n) is 10.9. The van der Waals surface area contributed by atoms with Gasteiger partial charge in [0.05, 0.1) is 17.8 Å². The van der Waals surface area contributed by atoms with Crippen LogP contribution in [-0.2, 0) is 4.74 Å². The molecule has 184 valence electrons. The van der Waals surface area contributed by atoms with Crippen LogP contribution in [0.25, 0.3) is 11.1 Å². The van der Waals surface area contributed by atoms with Crippen LogP contribution in [0.3, 0.4) is 0 Å². The molecule has 2 N–H and O–H groups in total. The minimum absolute atomic E-state index is 0.0224. The van der Waals surface area contributed by atoms with Crippen LogP contribution in [0, 0.1) is 11.6 Å². The number of alkyl halides is 3. The molecule has 34 heavy (non-hydrogen) atoms. The second-order valence-electron chi connectivity index (χ2n) is 8.70. The third kappa shape index (κ3) is 5.00. The van der Waals surface area contributed by atoms with Crippen molar-refractivity contribution in [3.05, 3.63) is 47.8 Å². The fourth-order valence-electron chi connectivity index (χ4n) is 4.77. The van der Waals surface area contributed by atoms with Crippen LogP contribution in [0.2, 0.25) is 0 Å². The molecule has 1 aromatic carbocycles. The number of hydrogen-bond donors (Lipinski definition) is 2. The summed E-state index contributed by atoms with van der Waals surface area (Å²) >= 11 is 0. The number of amides is 1. The van der Waals surface area contributed by atoms with E-state index in [-0.39, 0.29) is 16.7 Å². The Morgan fingerprint density at radius 2 is 1.97 bits per heavy atom. The van der Waals surface area contributed by atoms with E-state index in [0.717, 1.165) is 51.1 Å². The summed E-state index contributed by atoms with van der Waals surface area (Å²) in [4.78, 5) is 19.0. The van der Waals surface area contributed by atoms with E-state index in [4.69, 9.17) is 0 Å². The molecule has 2 atom stereocenters. The zero-order valence-corrected chi connectivity index (χ0v) is 18.5. The van der Waals surface area contributed by atoms with Gasteiger partial charge in [0, 0.05) is 49.8 Å². The van der Waals surface area contributed by atoms with Crippen LogP contribution in [0.5, 0.6) is 0 Å². The smallest absolute Gasteiger partial charge is 0.370 e. The van der Waals surface area contributed by atoms with E-state index in [2.05, 4.69) is 20.4 Å². The molecule has 11 heteroatoms. The second kappa shape index (κ2) is 9.46. The van der Waals surface area contributed by atoms with Crippen molar-refractivity contribution in [2.75, 3.05) is 38.2 Å². The van der Waals surface area contributed by atoms with E-state index >= 15 is 0 Å². The molecule has 0 aliphatic carbocycles. The highest BCUT2D eigenvalue weighted by molar-refractivity contribution is 6.03. The van der Waals surface area contributed by atoms with Crippen molar-refractivity contribution in [2.45, 2.75) is 37.1 Å². The van der Waals surface area contributed by atoms with Gasteiger partial charge in [0.1, 0.15) is 11.6 Å². The van der Waals surface area contributed by atoms with Gasteiger partial charge < -0.3 is 20.3 Å². The number of hydrogen-bond acceptors (Lipinski definition) is 5. The lowest BCUT2D eigenvalue weighted by molar-refractivity contribution is -0.210. The molecular weight excluding hydrogens is 459 g/mol. The first-order valence-corrected chi connectivity index (χ1v) is 10.9. The van der Waals surface area contributed by atoms with Crippen molar-refractivity contribution < 1.29 is 31.5 Å². The molecule has 0 bridgehead atoms. The second-order valence-corrected chi connectivity index (χ2v) is 8.70. The van der Waals surface area contributed by atoms with Gasteiger partial charge in [-0.05, 0) is 43.5 Å². The molecule has 1 aromatic heterocycles. The number of methoxy groups -OCH3 is 1. The number of anilines is 1. The topological polar surface area (TPSA) is 66.5 Å². The van der Waals surface area contributed by atoms with E-state index in [9.17, 15) is 26.7 Å². The fraction of sp³-hybridized carbons (Fsp3) is 0.478. The van der Waals surface area contributed by atoms with Crippen molar-refractivity contribution in [2.24, 2.45) is 0 Å². The Balaban J connectivity index is 1.72. The third-order valence-corrected chi connectivity index (χ3v) is 6.44. The molecule has 1 amide bonds. The fourth-order valence-corrected chi connectivity index (χ4v) is 4.77. The summed E-state index contributed by atoms with van der Waals surface area (Å²) < 4.78 is 71.6. The number of rotatable bonds is 6. The Bertz CT molecular complexity index is 1040. The van der Waals surface area contributed by atoms with Gasteiger partial charge in [0.25, 0.3) is 5.91 Å². The molecule has 4 rings (SSSR count). The summed E-state index contributed by atoms with van der Waals surface area (Å²) in [5.41, 5.74) is 0.761. The van der Waals surface area contributed by atoms with E-state index in [1.54, 1.807) is 0 Å².